The number of rotatable bonds is 5. The second kappa shape index (κ2) is 9.52. The fraction of sp³-hybridized carbons (Fsp3) is 0.267. The van der Waals surface area contributed by atoms with Gasteiger partial charge in [-0.1, -0.05) is 30.7 Å². The van der Waals surface area contributed by atoms with Gasteiger partial charge in [0.1, 0.15) is 33.6 Å². The number of allylic oxidation sites excluding steroid dienone is 1. The standard InChI is InChI=1S/C30H24ClNO9/c1-13-10-17-23(27(34)30(13)28(35)24-20(38-2)12-21(39-3)25(31)26(24)41-30)16(11-22(33)32-17)19-9-8-18(40-19)14-4-6-15(7-5-14)29(36)37/h4-9,12-13,16H,10-11H2,1-3H3,(H,32,33)(H,36,37)/t13-,16+,30+/m1/s1. The van der Waals surface area contributed by atoms with E-state index in [0.29, 0.717) is 22.8 Å². The van der Waals surface area contributed by atoms with Crippen LogP contribution in [0.15, 0.2) is 58.2 Å². The summed E-state index contributed by atoms with van der Waals surface area (Å²) in [7, 11) is 2.81. The summed E-state index contributed by atoms with van der Waals surface area (Å²) in [5, 5.41) is 12.0. The molecule has 0 radical (unpaired) electrons. The molecule has 3 aliphatic rings. The van der Waals surface area contributed by atoms with E-state index in [1.165, 1.54) is 32.4 Å². The first-order valence-corrected chi connectivity index (χ1v) is 13.2. The van der Waals surface area contributed by atoms with Gasteiger partial charge in [-0.2, -0.15) is 0 Å². The van der Waals surface area contributed by atoms with Gasteiger partial charge in [0, 0.05) is 35.2 Å². The SMILES string of the molecule is COc1cc(OC)c2c(c1Cl)O[C@@]1(C(=O)C3=C(C[C@H]1C)NC(=O)C[C@H]3c1ccc(-c3ccc(C(=O)O)cc3)o1)C2=O. The molecule has 1 amide bonds. The molecule has 10 nitrogen and oxygen atoms in total. The number of furan rings is 1. The van der Waals surface area contributed by atoms with Gasteiger partial charge in [0.2, 0.25) is 23.1 Å². The van der Waals surface area contributed by atoms with Gasteiger partial charge in [-0.25, -0.2) is 4.79 Å². The fourth-order valence-corrected chi connectivity index (χ4v) is 6.17. The van der Waals surface area contributed by atoms with E-state index >= 15 is 0 Å². The van der Waals surface area contributed by atoms with Gasteiger partial charge in [-0.05, 0) is 30.7 Å². The number of halogens is 1. The van der Waals surface area contributed by atoms with Crippen molar-refractivity contribution in [1.29, 1.82) is 0 Å². The summed E-state index contributed by atoms with van der Waals surface area (Å²) in [5.41, 5.74) is -0.468. The predicted octanol–water partition coefficient (Wildman–Crippen LogP) is 4.80. The van der Waals surface area contributed by atoms with Crippen molar-refractivity contribution in [3.63, 3.8) is 0 Å². The van der Waals surface area contributed by atoms with E-state index in [0.717, 1.165) is 0 Å². The van der Waals surface area contributed by atoms with Gasteiger partial charge in [0.05, 0.1) is 25.7 Å². The van der Waals surface area contributed by atoms with Crippen LogP contribution < -0.4 is 19.5 Å². The van der Waals surface area contributed by atoms with Gasteiger partial charge in [-0.15, -0.1) is 0 Å². The number of aromatic carboxylic acids is 1. The number of carboxylic acid groups (broad SMARTS) is 1. The quantitative estimate of drug-likeness (QED) is 0.409. The van der Waals surface area contributed by atoms with Crippen LogP contribution in [-0.4, -0.2) is 48.4 Å². The highest BCUT2D eigenvalue weighted by Gasteiger charge is 2.63. The number of benzene rings is 2. The van der Waals surface area contributed by atoms with Crippen LogP contribution in [0.1, 0.15) is 52.2 Å². The first-order valence-electron chi connectivity index (χ1n) is 12.8. The van der Waals surface area contributed by atoms with Crippen LogP contribution in [0.25, 0.3) is 11.3 Å². The lowest BCUT2D eigenvalue weighted by Crippen LogP contribution is -2.59. The number of nitrogens with one attached hydrogen (secondary N) is 1. The molecular weight excluding hydrogens is 554 g/mol. The Bertz CT molecular complexity index is 1690. The van der Waals surface area contributed by atoms with Crippen molar-refractivity contribution in [3.05, 3.63) is 75.6 Å². The molecule has 2 aliphatic heterocycles. The number of carboxylic acids is 1. The van der Waals surface area contributed by atoms with Gasteiger partial charge in [-0.3, -0.25) is 14.4 Å². The van der Waals surface area contributed by atoms with Crippen LogP contribution in [0.4, 0.5) is 0 Å². The number of carbonyl (C=O) groups is 4. The number of ketones is 2. The van der Waals surface area contributed by atoms with Gasteiger partial charge < -0.3 is 29.1 Å². The van der Waals surface area contributed by atoms with Crippen molar-refractivity contribution < 1.29 is 42.9 Å². The normalized spacial score (nSPS) is 23.2. The largest absolute Gasteiger partial charge is 0.496 e. The van der Waals surface area contributed by atoms with E-state index in [-0.39, 0.29) is 57.7 Å². The molecule has 3 aromatic rings. The number of ether oxygens (including phenoxy) is 3. The highest BCUT2D eigenvalue weighted by atomic mass is 35.5. The van der Waals surface area contributed by atoms with Crippen molar-refractivity contribution in [3.8, 4) is 28.6 Å². The average Bonchev–Trinajstić information content (AvgIpc) is 3.56. The van der Waals surface area contributed by atoms with Crippen molar-refractivity contribution in [1.82, 2.24) is 5.32 Å². The van der Waals surface area contributed by atoms with Crippen LogP contribution >= 0.6 is 11.6 Å². The minimum absolute atomic E-state index is 0.0126. The molecular formula is C30H24ClNO9. The molecule has 41 heavy (non-hydrogen) atoms. The van der Waals surface area contributed by atoms with E-state index in [2.05, 4.69) is 5.32 Å². The number of amides is 1. The zero-order valence-corrected chi connectivity index (χ0v) is 23.0. The molecule has 3 heterocycles. The second-order valence-electron chi connectivity index (χ2n) is 10.2. The lowest BCUT2D eigenvalue weighted by Gasteiger charge is -2.41. The summed E-state index contributed by atoms with van der Waals surface area (Å²) in [6.45, 7) is 1.71. The first-order chi connectivity index (χ1) is 19.6. The molecule has 1 aromatic heterocycles. The third kappa shape index (κ3) is 3.85. The topological polar surface area (TPSA) is 141 Å². The molecule has 0 bridgehead atoms. The van der Waals surface area contributed by atoms with Crippen molar-refractivity contribution in [2.45, 2.75) is 31.3 Å². The Morgan fingerprint density at radius 3 is 2.39 bits per heavy atom. The Labute approximate surface area is 238 Å². The Kier molecular flexibility index (Phi) is 6.18. The van der Waals surface area contributed by atoms with Crippen LogP contribution in [-0.2, 0) is 9.59 Å². The Balaban J connectivity index is 1.42. The molecule has 0 fully saturated rings. The van der Waals surface area contributed by atoms with Crippen LogP contribution in [0.5, 0.6) is 17.2 Å². The summed E-state index contributed by atoms with van der Waals surface area (Å²) in [6, 6.07) is 11.0. The van der Waals surface area contributed by atoms with Crippen LogP contribution in [0.3, 0.4) is 0 Å². The fourth-order valence-electron chi connectivity index (χ4n) is 5.91. The average molecular weight is 578 g/mol. The smallest absolute Gasteiger partial charge is 0.335 e. The van der Waals surface area contributed by atoms with Crippen molar-refractivity contribution in [2.24, 2.45) is 5.92 Å². The maximum Gasteiger partial charge on any atom is 0.335 e. The number of Topliss-reactive ketones (excluding diaryl/α,β-unsaturated/α-hetero) is 2. The molecule has 3 atom stereocenters. The Morgan fingerprint density at radius 2 is 1.73 bits per heavy atom. The molecule has 210 valence electrons. The molecule has 11 heteroatoms. The maximum atomic E-state index is 14.4. The van der Waals surface area contributed by atoms with Crippen molar-refractivity contribution >= 4 is 35.0 Å². The second-order valence-corrected chi connectivity index (χ2v) is 10.6. The third-order valence-corrected chi connectivity index (χ3v) is 8.30. The molecule has 2 aromatic carbocycles. The van der Waals surface area contributed by atoms with E-state index in [9.17, 15) is 24.3 Å². The van der Waals surface area contributed by atoms with Gasteiger partial charge >= 0.3 is 5.97 Å². The van der Waals surface area contributed by atoms with Gasteiger partial charge in [0.25, 0.3) is 0 Å². The molecule has 0 saturated carbocycles. The third-order valence-electron chi connectivity index (χ3n) is 7.94. The zero-order valence-electron chi connectivity index (χ0n) is 22.2. The van der Waals surface area contributed by atoms with E-state index < -0.39 is 35.0 Å². The summed E-state index contributed by atoms with van der Waals surface area (Å²) in [6.07, 6.45) is 0.101. The molecule has 1 aliphatic carbocycles. The number of hydrogen-bond acceptors (Lipinski definition) is 8. The Morgan fingerprint density at radius 1 is 1.02 bits per heavy atom. The van der Waals surface area contributed by atoms with E-state index in [1.807, 2.05) is 0 Å². The van der Waals surface area contributed by atoms with Crippen molar-refractivity contribution in [2.75, 3.05) is 14.2 Å². The lowest BCUT2D eigenvalue weighted by atomic mass is 9.67. The minimum atomic E-state index is -1.92. The monoisotopic (exact) mass is 577 g/mol. The van der Waals surface area contributed by atoms with E-state index in [4.69, 9.17) is 30.2 Å². The highest BCUT2D eigenvalue weighted by molar-refractivity contribution is 6.36. The van der Waals surface area contributed by atoms with Crippen LogP contribution in [0.2, 0.25) is 5.02 Å². The zero-order chi connectivity index (χ0) is 29.2. The predicted molar refractivity (Wildman–Crippen MR) is 145 cm³/mol. The summed E-state index contributed by atoms with van der Waals surface area (Å²) >= 11 is 6.53. The summed E-state index contributed by atoms with van der Waals surface area (Å²) < 4.78 is 23.1. The first kappa shape index (κ1) is 26.6. The number of methoxy groups -OCH3 is 2. The Hall–Kier alpha value is -4.57. The molecule has 0 saturated heterocycles. The summed E-state index contributed by atoms with van der Waals surface area (Å²) in [4.78, 5) is 52.5. The number of hydrogen-bond donors (Lipinski definition) is 2. The summed E-state index contributed by atoms with van der Waals surface area (Å²) in [5.74, 6) is -2.75. The lowest BCUT2D eigenvalue weighted by molar-refractivity contribution is -0.131. The number of fused-ring (bicyclic) bond motifs is 1. The maximum absolute atomic E-state index is 14.4. The van der Waals surface area contributed by atoms with Crippen LogP contribution in [0, 0.1) is 5.92 Å². The molecule has 0 unspecified atom stereocenters. The minimum Gasteiger partial charge on any atom is -0.496 e. The van der Waals surface area contributed by atoms with Gasteiger partial charge in [0.15, 0.2) is 5.75 Å². The highest BCUT2D eigenvalue weighted by Crippen LogP contribution is 2.55. The molecule has 2 N–H and O–H groups in total. The van der Waals surface area contributed by atoms with E-state index in [1.54, 1.807) is 31.2 Å². The number of carbonyl (C=O) groups excluding carboxylic acids is 3. The molecule has 1 spiro atoms. The molecule has 6 rings (SSSR count).